The number of likely N-dealkylation sites (tertiary alicyclic amines) is 1. The molecule has 1 fully saturated rings. The highest BCUT2D eigenvalue weighted by Crippen LogP contribution is 2.33. The SMILES string of the molecule is COc1ccc([C@@H]2CCCN2C(=O)CN2C(=O)c3ccccc3C2=O)cc1. The molecule has 3 amide bonds. The first-order valence-corrected chi connectivity index (χ1v) is 8.99. The van der Waals surface area contributed by atoms with E-state index in [1.165, 1.54) is 0 Å². The number of methoxy groups -OCH3 is 1. The summed E-state index contributed by atoms with van der Waals surface area (Å²) in [5.74, 6) is -0.239. The highest BCUT2D eigenvalue weighted by atomic mass is 16.5. The first-order valence-electron chi connectivity index (χ1n) is 8.99. The third-order valence-electron chi connectivity index (χ3n) is 5.25. The minimum Gasteiger partial charge on any atom is -0.497 e. The molecule has 6 heteroatoms. The molecule has 0 N–H and O–H groups in total. The van der Waals surface area contributed by atoms with E-state index in [2.05, 4.69) is 0 Å². The predicted octanol–water partition coefficient (Wildman–Crippen LogP) is 2.65. The lowest BCUT2D eigenvalue weighted by Crippen LogP contribution is -2.42. The van der Waals surface area contributed by atoms with Gasteiger partial charge in [0.15, 0.2) is 0 Å². The second-order valence-electron chi connectivity index (χ2n) is 6.76. The van der Waals surface area contributed by atoms with Crippen LogP contribution >= 0.6 is 0 Å². The highest BCUT2D eigenvalue weighted by molar-refractivity contribution is 6.22. The van der Waals surface area contributed by atoms with Crippen LogP contribution in [-0.4, -0.2) is 47.7 Å². The molecule has 0 unspecified atom stereocenters. The molecular formula is C21H20N2O4. The van der Waals surface area contributed by atoms with E-state index < -0.39 is 11.8 Å². The first kappa shape index (κ1) is 17.3. The van der Waals surface area contributed by atoms with Crippen LogP contribution in [0, 0.1) is 0 Å². The Morgan fingerprint density at radius 3 is 2.26 bits per heavy atom. The van der Waals surface area contributed by atoms with Gasteiger partial charge in [0.25, 0.3) is 11.8 Å². The Balaban J connectivity index is 1.51. The van der Waals surface area contributed by atoms with E-state index >= 15 is 0 Å². The average molecular weight is 364 g/mol. The number of carbonyl (C=O) groups is 3. The number of amides is 3. The van der Waals surface area contributed by atoms with E-state index in [4.69, 9.17) is 4.74 Å². The molecule has 0 aliphatic carbocycles. The van der Waals surface area contributed by atoms with Gasteiger partial charge < -0.3 is 9.64 Å². The van der Waals surface area contributed by atoms with Crippen molar-refractivity contribution in [3.05, 3.63) is 65.2 Å². The molecule has 0 saturated carbocycles. The molecule has 0 bridgehead atoms. The van der Waals surface area contributed by atoms with Crippen LogP contribution in [0.5, 0.6) is 5.75 Å². The third kappa shape index (κ3) is 2.97. The lowest BCUT2D eigenvalue weighted by atomic mass is 10.0. The maximum atomic E-state index is 12.9. The molecule has 6 nitrogen and oxygen atoms in total. The highest BCUT2D eigenvalue weighted by Gasteiger charge is 2.38. The minimum absolute atomic E-state index is 0.0430. The summed E-state index contributed by atoms with van der Waals surface area (Å²) in [5.41, 5.74) is 1.76. The van der Waals surface area contributed by atoms with Crippen molar-refractivity contribution in [1.29, 1.82) is 0 Å². The molecule has 2 heterocycles. The molecule has 2 aliphatic heterocycles. The van der Waals surface area contributed by atoms with Crippen molar-refractivity contribution in [2.45, 2.75) is 18.9 Å². The number of rotatable bonds is 4. The van der Waals surface area contributed by atoms with Gasteiger partial charge in [-0.3, -0.25) is 19.3 Å². The van der Waals surface area contributed by atoms with E-state index in [1.807, 2.05) is 24.3 Å². The molecule has 0 radical (unpaired) electrons. The number of imide groups is 1. The van der Waals surface area contributed by atoms with Crippen LogP contribution in [0.15, 0.2) is 48.5 Å². The zero-order valence-corrected chi connectivity index (χ0v) is 15.1. The van der Waals surface area contributed by atoms with Crippen molar-refractivity contribution in [2.75, 3.05) is 20.2 Å². The van der Waals surface area contributed by atoms with Gasteiger partial charge in [0, 0.05) is 6.54 Å². The molecule has 1 saturated heterocycles. The van der Waals surface area contributed by atoms with Gasteiger partial charge in [-0.2, -0.15) is 0 Å². The van der Waals surface area contributed by atoms with E-state index in [0.717, 1.165) is 29.1 Å². The van der Waals surface area contributed by atoms with Crippen LogP contribution in [0.2, 0.25) is 0 Å². The number of fused-ring (bicyclic) bond motifs is 1. The fourth-order valence-electron chi connectivity index (χ4n) is 3.85. The van der Waals surface area contributed by atoms with Gasteiger partial charge >= 0.3 is 0 Å². The van der Waals surface area contributed by atoms with Crippen molar-refractivity contribution >= 4 is 17.7 Å². The van der Waals surface area contributed by atoms with E-state index in [9.17, 15) is 14.4 Å². The largest absolute Gasteiger partial charge is 0.497 e. The Kier molecular flexibility index (Phi) is 4.39. The normalized spacial score (nSPS) is 18.8. The second-order valence-corrected chi connectivity index (χ2v) is 6.76. The Morgan fingerprint density at radius 2 is 1.67 bits per heavy atom. The van der Waals surface area contributed by atoms with Crippen LogP contribution in [-0.2, 0) is 4.79 Å². The summed E-state index contributed by atoms with van der Waals surface area (Å²) < 4.78 is 5.19. The standard InChI is InChI=1S/C21H20N2O4/c1-27-15-10-8-14(9-11-15)18-7-4-12-22(18)19(24)13-23-20(25)16-5-2-3-6-17(16)21(23)26/h2-3,5-6,8-11,18H,4,7,12-13H2,1H3/t18-/m0/s1. The summed E-state index contributed by atoms with van der Waals surface area (Å²) >= 11 is 0. The lowest BCUT2D eigenvalue weighted by Gasteiger charge is -2.27. The smallest absolute Gasteiger partial charge is 0.262 e. The molecule has 138 valence electrons. The summed E-state index contributed by atoms with van der Waals surface area (Å²) in [6.45, 7) is 0.400. The van der Waals surface area contributed by atoms with Gasteiger partial charge in [-0.25, -0.2) is 0 Å². The summed E-state index contributed by atoms with van der Waals surface area (Å²) in [5, 5.41) is 0. The summed E-state index contributed by atoms with van der Waals surface area (Å²) in [4.78, 5) is 40.7. The predicted molar refractivity (Wildman–Crippen MR) is 98.5 cm³/mol. The fourth-order valence-corrected chi connectivity index (χ4v) is 3.85. The number of benzene rings is 2. The Labute approximate surface area is 157 Å². The van der Waals surface area contributed by atoms with Gasteiger partial charge in [-0.1, -0.05) is 24.3 Å². The Bertz CT molecular complexity index is 872. The van der Waals surface area contributed by atoms with E-state index in [-0.39, 0.29) is 18.5 Å². The van der Waals surface area contributed by atoms with Gasteiger partial charge in [-0.15, -0.1) is 0 Å². The molecule has 27 heavy (non-hydrogen) atoms. The van der Waals surface area contributed by atoms with Gasteiger partial charge in [0.05, 0.1) is 24.3 Å². The van der Waals surface area contributed by atoms with Crippen molar-refractivity contribution in [3.63, 3.8) is 0 Å². The number of carbonyl (C=O) groups excluding carboxylic acids is 3. The number of hydrogen-bond acceptors (Lipinski definition) is 4. The van der Waals surface area contributed by atoms with Gasteiger partial charge in [0.1, 0.15) is 12.3 Å². The summed E-state index contributed by atoms with van der Waals surface area (Å²) in [6.07, 6.45) is 1.75. The summed E-state index contributed by atoms with van der Waals surface area (Å²) in [6, 6.07) is 14.3. The van der Waals surface area contributed by atoms with Crippen LogP contribution in [0.3, 0.4) is 0 Å². The zero-order valence-electron chi connectivity index (χ0n) is 15.1. The molecule has 2 aromatic carbocycles. The molecule has 2 aliphatic rings. The van der Waals surface area contributed by atoms with E-state index in [1.54, 1.807) is 36.3 Å². The molecule has 4 rings (SSSR count). The second kappa shape index (κ2) is 6.87. The monoisotopic (exact) mass is 364 g/mol. The van der Waals surface area contributed by atoms with Crippen LogP contribution < -0.4 is 4.74 Å². The van der Waals surface area contributed by atoms with Gasteiger partial charge in [-0.05, 0) is 42.7 Å². The first-order chi connectivity index (χ1) is 13.1. The molecule has 0 spiro atoms. The topological polar surface area (TPSA) is 66.9 Å². The Hall–Kier alpha value is -3.15. The lowest BCUT2D eigenvalue weighted by molar-refractivity contribution is -0.132. The van der Waals surface area contributed by atoms with E-state index in [0.29, 0.717) is 17.7 Å². The number of hydrogen-bond donors (Lipinski definition) is 0. The third-order valence-corrected chi connectivity index (χ3v) is 5.25. The molecule has 1 atom stereocenters. The van der Waals surface area contributed by atoms with Crippen LogP contribution in [0.25, 0.3) is 0 Å². The average Bonchev–Trinajstić information content (AvgIpc) is 3.28. The van der Waals surface area contributed by atoms with Crippen molar-refractivity contribution in [3.8, 4) is 5.75 Å². The molecular weight excluding hydrogens is 344 g/mol. The zero-order chi connectivity index (χ0) is 19.0. The fraction of sp³-hybridized carbons (Fsp3) is 0.286. The number of ether oxygens (including phenoxy) is 1. The minimum atomic E-state index is -0.399. The number of nitrogens with zero attached hydrogens (tertiary/aromatic N) is 2. The maximum Gasteiger partial charge on any atom is 0.262 e. The maximum absolute atomic E-state index is 12.9. The van der Waals surface area contributed by atoms with Crippen molar-refractivity contribution < 1.29 is 19.1 Å². The van der Waals surface area contributed by atoms with Crippen molar-refractivity contribution in [1.82, 2.24) is 9.80 Å². The van der Waals surface area contributed by atoms with Crippen molar-refractivity contribution in [2.24, 2.45) is 0 Å². The van der Waals surface area contributed by atoms with Gasteiger partial charge in [0.2, 0.25) is 5.91 Å². The summed E-state index contributed by atoms with van der Waals surface area (Å²) in [7, 11) is 1.61. The Morgan fingerprint density at radius 1 is 1.04 bits per heavy atom. The molecule has 0 aromatic heterocycles. The quantitative estimate of drug-likeness (QED) is 0.783. The van der Waals surface area contributed by atoms with Crippen LogP contribution in [0.4, 0.5) is 0 Å². The molecule has 2 aromatic rings. The van der Waals surface area contributed by atoms with Crippen LogP contribution in [0.1, 0.15) is 45.2 Å².